The molecule has 5 amide bonds. The summed E-state index contributed by atoms with van der Waals surface area (Å²) in [6.45, 7) is 1.07. The number of piperazine rings is 1. The number of halogens is 4. The van der Waals surface area contributed by atoms with Crippen LogP contribution in [0, 0.1) is 0 Å². The number of likely N-dealkylation sites (tertiary alicyclic amines) is 1. The Morgan fingerprint density at radius 1 is 0.907 bits per heavy atom. The molecule has 3 saturated heterocycles. The van der Waals surface area contributed by atoms with Crippen molar-refractivity contribution in [3.8, 4) is 0 Å². The molecule has 0 bridgehead atoms. The van der Waals surface area contributed by atoms with Gasteiger partial charge in [-0.1, -0.05) is 29.3 Å². The summed E-state index contributed by atoms with van der Waals surface area (Å²) in [5, 5.41) is 2.98. The summed E-state index contributed by atoms with van der Waals surface area (Å²) in [6.07, 6.45) is 0.0291. The predicted octanol–water partition coefficient (Wildman–Crippen LogP) is 3.07. The normalized spacial score (nSPS) is 24.3. The molecular formula is C29H27Cl2F2N5O5. The molecule has 2 atom stereocenters. The summed E-state index contributed by atoms with van der Waals surface area (Å²) in [4.78, 5) is 68.8. The minimum atomic E-state index is -3.19. The number of rotatable bonds is 4. The van der Waals surface area contributed by atoms with Crippen LogP contribution in [0.1, 0.15) is 50.3 Å². The highest BCUT2D eigenvalue weighted by Gasteiger charge is 2.50. The Morgan fingerprint density at radius 3 is 2.33 bits per heavy atom. The third kappa shape index (κ3) is 5.25. The van der Waals surface area contributed by atoms with Crippen molar-refractivity contribution in [2.75, 3.05) is 44.2 Å². The largest absolute Gasteiger partial charge is 0.368 e. The number of imide groups is 2. The molecule has 0 saturated carbocycles. The van der Waals surface area contributed by atoms with Crippen LogP contribution in [0.2, 0.25) is 10.0 Å². The first-order valence-electron chi connectivity index (χ1n) is 13.9. The number of alkyl halides is 2. The van der Waals surface area contributed by atoms with E-state index in [0.29, 0.717) is 36.2 Å². The van der Waals surface area contributed by atoms with Crippen LogP contribution < -0.4 is 10.2 Å². The number of nitrogens with one attached hydrogen (secondary N) is 1. The molecule has 226 valence electrons. The fraction of sp³-hybridized carbons (Fsp3) is 0.414. The minimum absolute atomic E-state index is 0.00461. The Hall–Kier alpha value is -3.61. The maximum atomic E-state index is 15.5. The second kappa shape index (κ2) is 11.1. The molecule has 10 nitrogen and oxygen atoms in total. The van der Waals surface area contributed by atoms with Crippen molar-refractivity contribution in [3.05, 3.63) is 63.1 Å². The lowest BCUT2D eigenvalue weighted by molar-refractivity contribution is -0.136. The molecule has 4 aliphatic heterocycles. The molecule has 4 heterocycles. The fourth-order valence-corrected chi connectivity index (χ4v) is 6.76. The van der Waals surface area contributed by atoms with Gasteiger partial charge in [-0.2, -0.15) is 0 Å². The van der Waals surface area contributed by atoms with Gasteiger partial charge in [0.15, 0.2) is 0 Å². The van der Waals surface area contributed by atoms with Crippen LogP contribution in [0.4, 0.5) is 14.5 Å². The molecule has 0 aromatic heterocycles. The Morgan fingerprint density at radius 2 is 1.63 bits per heavy atom. The van der Waals surface area contributed by atoms with Crippen molar-refractivity contribution < 1.29 is 32.8 Å². The van der Waals surface area contributed by atoms with E-state index in [2.05, 4.69) is 5.32 Å². The minimum Gasteiger partial charge on any atom is -0.368 e. The average molecular weight is 634 g/mol. The van der Waals surface area contributed by atoms with Crippen LogP contribution in [-0.4, -0.2) is 102 Å². The van der Waals surface area contributed by atoms with Gasteiger partial charge >= 0.3 is 0 Å². The van der Waals surface area contributed by atoms with E-state index >= 15 is 8.78 Å². The monoisotopic (exact) mass is 633 g/mol. The summed E-state index contributed by atoms with van der Waals surface area (Å²) in [6, 6.07) is 6.97. The molecule has 2 aromatic rings. The van der Waals surface area contributed by atoms with Gasteiger partial charge in [0, 0.05) is 44.7 Å². The third-order valence-electron chi connectivity index (χ3n) is 8.56. The number of carbonyl (C=O) groups is 5. The van der Waals surface area contributed by atoms with Crippen molar-refractivity contribution in [1.82, 2.24) is 20.0 Å². The molecule has 3 fully saturated rings. The Bertz CT molecular complexity index is 1550. The number of fused-ring (bicyclic) bond motifs is 1. The van der Waals surface area contributed by atoms with Crippen molar-refractivity contribution in [2.24, 2.45) is 0 Å². The zero-order chi connectivity index (χ0) is 30.6. The van der Waals surface area contributed by atoms with E-state index < -0.39 is 54.1 Å². The second-order valence-corrected chi connectivity index (χ2v) is 11.9. The molecule has 4 aliphatic rings. The molecule has 0 aliphatic carbocycles. The van der Waals surface area contributed by atoms with Gasteiger partial charge in [0.25, 0.3) is 23.6 Å². The molecule has 0 radical (unpaired) electrons. The van der Waals surface area contributed by atoms with Crippen molar-refractivity contribution in [1.29, 1.82) is 0 Å². The lowest BCUT2D eigenvalue weighted by Crippen LogP contribution is -2.62. The van der Waals surface area contributed by atoms with Gasteiger partial charge < -0.3 is 9.80 Å². The summed E-state index contributed by atoms with van der Waals surface area (Å²) in [5.74, 6) is -6.58. The zero-order valence-corrected chi connectivity index (χ0v) is 24.3. The Balaban J connectivity index is 1.11. The van der Waals surface area contributed by atoms with E-state index in [9.17, 15) is 24.0 Å². The molecule has 1 N–H and O–H groups in total. The predicted molar refractivity (Wildman–Crippen MR) is 153 cm³/mol. The van der Waals surface area contributed by atoms with Crippen LogP contribution in [0.25, 0.3) is 0 Å². The van der Waals surface area contributed by atoms with E-state index in [0.717, 1.165) is 15.5 Å². The van der Waals surface area contributed by atoms with Crippen molar-refractivity contribution in [3.63, 3.8) is 0 Å². The first-order chi connectivity index (χ1) is 20.5. The number of nitrogens with zero attached hydrogens (tertiary/aromatic N) is 4. The van der Waals surface area contributed by atoms with Crippen LogP contribution in [0.15, 0.2) is 36.4 Å². The molecule has 6 rings (SSSR count). The van der Waals surface area contributed by atoms with E-state index in [1.165, 1.54) is 18.2 Å². The number of hydrogen-bond acceptors (Lipinski definition) is 7. The first kappa shape index (κ1) is 29.5. The third-order valence-corrected chi connectivity index (χ3v) is 9.37. The number of amides is 5. The molecule has 2 unspecified atom stereocenters. The fourth-order valence-electron chi connectivity index (χ4n) is 6.35. The number of piperidine rings is 2. The molecule has 0 spiro atoms. The van der Waals surface area contributed by atoms with Gasteiger partial charge in [-0.25, -0.2) is 8.78 Å². The quantitative estimate of drug-likeness (QED) is 0.515. The Labute approximate surface area is 255 Å². The summed E-state index contributed by atoms with van der Waals surface area (Å²) in [5.41, 5.74) is 0.676. The maximum Gasteiger partial charge on any atom is 0.280 e. The molecule has 2 aromatic carbocycles. The van der Waals surface area contributed by atoms with E-state index in [1.54, 1.807) is 17.0 Å². The highest BCUT2D eigenvalue weighted by Crippen LogP contribution is 2.36. The van der Waals surface area contributed by atoms with Crippen molar-refractivity contribution >= 4 is 58.4 Å². The molecular weight excluding hydrogens is 607 g/mol. The number of carbonyl (C=O) groups excluding carboxylic acids is 5. The molecule has 14 heteroatoms. The standard InChI is InChI=1S/C29H27Cl2F2N5O5/c30-19-2-1-3-20(24(19)31)35-10-12-36(13-11-35)22-8-9-37(15-29(22,32)33)26(41)16-4-5-17-18(14-16)28(43)38(27(17)42)21-6-7-23(39)34-25(21)40/h1-5,14,21-22H,6-13,15H2,(H,34,39,40). The van der Waals surface area contributed by atoms with Crippen LogP contribution in [-0.2, 0) is 9.59 Å². The SMILES string of the molecule is O=C1CCC(N2C(=O)c3ccc(C(=O)N4CCC(N5CCN(c6cccc(Cl)c6Cl)CC5)C(F)(F)C4)cc3C2=O)C(=O)N1. The van der Waals surface area contributed by atoms with Gasteiger partial charge in [-0.05, 0) is 43.2 Å². The van der Waals surface area contributed by atoms with Gasteiger partial charge in [0.1, 0.15) is 6.04 Å². The summed E-state index contributed by atoms with van der Waals surface area (Å²) >= 11 is 12.5. The molecule has 43 heavy (non-hydrogen) atoms. The van der Waals surface area contributed by atoms with E-state index in [4.69, 9.17) is 23.2 Å². The summed E-state index contributed by atoms with van der Waals surface area (Å²) < 4.78 is 31.0. The van der Waals surface area contributed by atoms with Crippen LogP contribution in [0.5, 0.6) is 0 Å². The van der Waals surface area contributed by atoms with Gasteiger partial charge in [-0.3, -0.25) is 39.1 Å². The van der Waals surface area contributed by atoms with Crippen molar-refractivity contribution in [2.45, 2.75) is 37.3 Å². The first-order valence-corrected chi connectivity index (χ1v) is 14.7. The average Bonchev–Trinajstić information content (AvgIpc) is 3.22. The van der Waals surface area contributed by atoms with Crippen LogP contribution in [0.3, 0.4) is 0 Å². The number of hydrogen-bond donors (Lipinski definition) is 1. The number of benzene rings is 2. The smallest absolute Gasteiger partial charge is 0.280 e. The van der Waals surface area contributed by atoms with Gasteiger partial charge in [-0.15, -0.1) is 0 Å². The topological polar surface area (TPSA) is 110 Å². The zero-order valence-electron chi connectivity index (χ0n) is 22.8. The Kier molecular flexibility index (Phi) is 7.64. The summed E-state index contributed by atoms with van der Waals surface area (Å²) in [7, 11) is 0. The van der Waals surface area contributed by atoms with E-state index in [1.807, 2.05) is 11.0 Å². The lowest BCUT2D eigenvalue weighted by atomic mass is 9.96. The lowest BCUT2D eigenvalue weighted by Gasteiger charge is -2.46. The highest BCUT2D eigenvalue weighted by molar-refractivity contribution is 6.43. The van der Waals surface area contributed by atoms with Gasteiger partial charge in [0.05, 0.1) is 39.4 Å². The van der Waals surface area contributed by atoms with Crippen LogP contribution >= 0.6 is 23.2 Å². The second-order valence-electron chi connectivity index (χ2n) is 11.1. The highest BCUT2D eigenvalue weighted by atomic mass is 35.5. The van der Waals surface area contributed by atoms with E-state index in [-0.39, 0.29) is 42.5 Å². The maximum absolute atomic E-state index is 15.5. The van der Waals surface area contributed by atoms with Gasteiger partial charge in [0.2, 0.25) is 11.8 Å². The number of anilines is 1.